The molecule has 0 saturated heterocycles. The first kappa shape index (κ1) is 15.8. The SMILES string of the molecule is COc1ncnc2c1CN(C[C@H](O)c1cc(F)ccc1F)CC2. The van der Waals surface area contributed by atoms with Crippen LogP contribution < -0.4 is 4.74 Å². The molecular weight excluding hydrogens is 304 g/mol. The van der Waals surface area contributed by atoms with Gasteiger partial charge in [-0.3, -0.25) is 4.90 Å². The standard InChI is InChI=1S/C16H17F2N3O2/c1-23-16-12-7-21(5-4-14(12)19-9-20-16)8-15(22)11-6-10(17)2-3-13(11)18/h2-3,6,9,15,22H,4-5,7-8H2,1H3/t15-/m0/s1. The first-order valence-electron chi connectivity index (χ1n) is 7.30. The highest BCUT2D eigenvalue weighted by molar-refractivity contribution is 5.31. The number of methoxy groups -OCH3 is 1. The lowest BCUT2D eigenvalue weighted by Crippen LogP contribution is -2.35. The van der Waals surface area contributed by atoms with E-state index in [-0.39, 0.29) is 12.1 Å². The van der Waals surface area contributed by atoms with E-state index in [2.05, 4.69) is 9.97 Å². The maximum Gasteiger partial charge on any atom is 0.220 e. The first-order valence-corrected chi connectivity index (χ1v) is 7.30. The molecule has 1 N–H and O–H groups in total. The summed E-state index contributed by atoms with van der Waals surface area (Å²) in [6, 6.07) is 3.09. The third-order valence-corrected chi connectivity index (χ3v) is 3.98. The maximum atomic E-state index is 13.7. The lowest BCUT2D eigenvalue weighted by Gasteiger charge is -2.30. The molecule has 0 amide bonds. The summed E-state index contributed by atoms with van der Waals surface area (Å²) >= 11 is 0. The van der Waals surface area contributed by atoms with Crippen LogP contribution in [0.15, 0.2) is 24.5 Å². The predicted molar refractivity (Wildman–Crippen MR) is 78.9 cm³/mol. The van der Waals surface area contributed by atoms with Crippen molar-refractivity contribution >= 4 is 0 Å². The number of fused-ring (bicyclic) bond motifs is 1. The number of ether oxygens (including phenoxy) is 1. The van der Waals surface area contributed by atoms with Crippen LogP contribution in [0.4, 0.5) is 8.78 Å². The number of benzene rings is 1. The van der Waals surface area contributed by atoms with Crippen molar-refractivity contribution in [2.24, 2.45) is 0 Å². The van der Waals surface area contributed by atoms with E-state index in [9.17, 15) is 13.9 Å². The second kappa shape index (κ2) is 6.55. The van der Waals surface area contributed by atoms with Gasteiger partial charge in [-0.15, -0.1) is 0 Å². The molecule has 3 rings (SSSR count). The molecule has 5 nitrogen and oxygen atoms in total. The second-order valence-corrected chi connectivity index (χ2v) is 5.47. The molecule has 122 valence electrons. The summed E-state index contributed by atoms with van der Waals surface area (Å²) in [4.78, 5) is 10.3. The Kier molecular flexibility index (Phi) is 4.49. The second-order valence-electron chi connectivity index (χ2n) is 5.47. The van der Waals surface area contributed by atoms with E-state index in [0.717, 1.165) is 29.5 Å². The first-order chi connectivity index (χ1) is 11.1. The molecule has 0 unspecified atom stereocenters. The normalized spacial score (nSPS) is 16.0. The van der Waals surface area contributed by atoms with Gasteiger partial charge in [-0.05, 0) is 18.2 Å². The Balaban J connectivity index is 1.75. The van der Waals surface area contributed by atoms with Crippen molar-refractivity contribution in [2.45, 2.75) is 19.1 Å². The molecule has 1 atom stereocenters. The van der Waals surface area contributed by atoms with Crippen LogP contribution >= 0.6 is 0 Å². The Morgan fingerprint density at radius 1 is 1.35 bits per heavy atom. The van der Waals surface area contributed by atoms with Gasteiger partial charge in [-0.1, -0.05) is 0 Å². The fourth-order valence-electron chi connectivity index (χ4n) is 2.82. The minimum absolute atomic E-state index is 0.0351. The molecular formula is C16H17F2N3O2. The average molecular weight is 321 g/mol. The van der Waals surface area contributed by atoms with E-state index in [1.54, 1.807) is 7.11 Å². The quantitative estimate of drug-likeness (QED) is 0.931. The monoisotopic (exact) mass is 321 g/mol. The number of aliphatic hydroxyl groups excluding tert-OH is 1. The van der Waals surface area contributed by atoms with E-state index in [1.807, 2.05) is 4.90 Å². The fraction of sp³-hybridized carbons (Fsp3) is 0.375. The van der Waals surface area contributed by atoms with Gasteiger partial charge in [-0.2, -0.15) is 0 Å². The van der Waals surface area contributed by atoms with Gasteiger partial charge >= 0.3 is 0 Å². The number of halogens is 2. The molecule has 0 fully saturated rings. The Bertz CT molecular complexity index is 697. The van der Waals surface area contributed by atoms with E-state index in [1.165, 1.54) is 6.33 Å². The molecule has 0 bridgehead atoms. The van der Waals surface area contributed by atoms with E-state index < -0.39 is 17.7 Å². The van der Waals surface area contributed by atoms with Crippen LogP contribution in [-0.2, 0) is 13.0 Å². The van der Waals surface area contributed by atoms with Crippen molar-refractivity contribution in [1.82, 2.24) is 14.9 Å². The lowest BCUT2D eigenvalue weighted by molar-refractivity contribution is 0.101. The molecule has 0 spiro atoms. The van der Waals surface area contributed by atoms with Crippen LogP contribution in [0.25, 0.3) is 0 Å². The van der Waals surface area contributed by atoms with Crippen molar-refractivity contribution in [1.29, 1.82) is 0 Å². The maximum absolute atomic E-state index is 13.7. The van der Waals surface area contributed by atoms with Crippen molar-refractivity contribution in [3.63, 3.8) is 0 Å². The summed E-state index contributed by atoms with van der Waals surface area (Å²) in [5, 5.41) is 10.2. The molecule has 1 aromatic carbocycles. The summed E-state index contributed by atoms with van der Waals surface area (Å²) in [7, 11) is 1.54. The van der Waals surface area contributed by atoms with Crippen molar-refractivity contribution < 1.29 is 18.6 Å². The molecule has 23 heavy (non-hydrogen) atoms. The number of hydrogen-bond acceptors (Lipinski definition) is 5. The highest BCUT2D eigenvalue weighted by Gasteiger charge is 2.24. The zero-order chi connectivity index (χ0) is 16.4. The van der Waals surface area contributed by atoms with Crippen LogP contribution in [0.2, 0.25) is 0 Å². The van der Waals surface area contributed by atoms with Gasteiger partial charge in [0.1, 0.15) is 18.0 Å². The van der Waals surface area contributed by atoms with Crippen LogP contribution in [0.3, 0.4) is 0 Å². The van der Waals surface area contributed by atoms with Crippen LogP contribution in [0.5, 0.6) is 5.88 Å². The summed E-state index contributed by atoms with van der Waals surface area (Å²) in [6.45, 7) is 1.35. The average Bonchev–Trinajstić information content (AvgIpc) is 2.56. The third-order valence-electron chi connectivity index (χ3n) is 3.98. The lowest BCUT2D eigenvalue weighted by atomic mass is 10.0. The number of nitrogens with zero attached hydrogens (tertiary/aromatic N) is 3. The molecule has 1 aliphatic rings. The minimum Gasteiger partial charge on any atom is -0.481 e. The Hall–Kier alpha value is -2.12. The molecule has 1 aliphatic heterocycles. The molecule has 7 heteroatoms. The Morgan fingerprint density at radius 3 is 2.96 bits per heavy atom. The summed E-state index contributed by atoms with van der Waals surface area (Å²) in [5.74, 6) is -0.678. The number of hydrogen-bond donors (Lipinski definition) is 1. The van der Waals surface area contributed by atoms with Crippen molar-refractivity contribution in [3.8, 4) is 5.88 Å². The van der Waals surface area contributed by atoms with Crippen molar-refractivity contribution in [2.75, 3.05) is 20.2 Å². The van der Waals surface area contributed by atoms with E-state index in [4.69, 9.17) is 4.74 Å². The number of aliphatic hydroxyl groups is 1. The molecule has 0 aliphatic carbocycles. The molecule has 0 radical (unpaired) electrons. The number of aromatic nitrogens is 2. The van der Waals surface area contributed by atoms with Crippen LogP contribution in [-0.4, -0.2) is 40.2 Å². The van der Waals surface area contributed by atoms with Gasteiger partial charge in [0.05, 0.1) is 18.9 Å². The molecule has 1 aromatic heterocycles. The zero-order valence-electron chi connectivity index (χ0n) is 12.7. The zero-order valence-corrected chi connectivity index (χ0v) is 12.7. The summed E-state index contributed by atoms with van der Waals surface area (Å²) < 4.78 is 32.2. The van der Waals surface area contributed by atoms with Crippen LogP contribution in [0, 0.1) is 11.6 Å². The fourth-order valence-corrected chi connectivity index (χ4v) is 2.82. The van der Waals surface area contributed by atoms with E-state index >= 15 is 0 Å². The van der Waals surface area contributed by atoms with Gasteiger partial charge in [0.25, 0.3) is 0 Å². The van der Waals surface area contributed by atoms with Gasteiger partial charge < -0.3 is 9.84 Å². The summed E-state index contributed by atoms with van der Waals surface area (Å²) in [5.41, 5.74) is 1.75. The van der Waals surface area contributed by atoms with Gasteiger partial charge in [0.15, 0.2) is 0 Å². The van der Waals surface area contributed by atoms with Crippen LogP contribution in [0.1, 0.15) is 22.9 Å². The van der Waals surface area contributed by atoms with Gasteiger partial charge in [0.2, 0.25) is 5.88 Å². The highest BCUT2D eigenvalue weighted by atomic mass is 19.1. The number of β-amino-alcohol motifs (C(OH)–C–C–N with tert-alkyl or cyclic N) is 1. The largest absolute Gasteiger partial charge is 0.481 e. The highest BCUT2D eigenvalue weighted by Crippen LogP contribution is 2.26. The van der Waals surface area contributed by atoms with Gasteiger partial charge in [0, 0.05) is 37.2 Å². The van der Waals surface area contributed by atoms with E-state index in [0.29, 0.717) is 25.4 Å². The third kappa shape index (κ3) is 3.30. The minimum atomic E-state index is -1.11. The topological polar surface area (TPSA) is 58.5 Å². The predicted octanol–water partition coefficient (Wildman–Crippen LogP) is 1.86. The van der Waals surface area contributed by atoms with Gasteiger partial charge in [-0.25, -0.2) is 18.7 Å². The molecule has 2 aromatic rings. The van der Waals surface area contributed by atoms with Crippen molar-refractivity contribution in [3.05, 3.63) is 53.0 Å². The number of rotatable bonds is 4. The Labute approximate surface area is 132 Å². The smallest absolute Gasteiger partial charge is 0.220 e. The molecule has 0 saturated carbocycles. The summed E-state index contributed by atoms with van der Waals surface area (Å²) in [6.07, 6.45) is 1.04. The Morgan fingerprint density at radius 2 is 2.17 bits per heavy atom. The molecule has 2 heterocycles.